The molecular formula is C12H13F2NO3S. The van der Waals surface area contributed by atoms with Crippen molar-refractivity contribution in [3.05, 3.63) is 23.8 Å². The van der Waals surface area contributed by atoms with E-state index in [1.165, 1.54) is 24.4 Å². The maximum absolute atomic E-state index is 12.8. The highest BCUT2D eigenvalue weighted by Gasteiger charge is 2.43. The van der Waals surface area contributed by atoms with Crippen LogP contribution in [0.4, 0.5) is 8.78 Å². The second-order valence-corrected chi connectivity index (χ2v) is 6.90. The molecule has 1 unspecified atom stereocenters. The standard InChI is InChI=1S/C12H13F2NO3S/c1-11(2,3)19(16)15-7-8-4-5-9-10(6-8)18-12(13,14)17-9/h4-7H,1-3H3/b15-7+. The molecule has 0 fully saturated rings. The van der Waals surface area contributed by atoms with Crippen molar-refractivity contribution < 1.29 is 22.5 Å². The van der Waals surface area contributed by atoms with Crippen LogP contribution in [-0.2, 0) is 11.0 Å². The van der Waals surface area contributed by atoms with Crippen LogP contribution in [-0.4, -0.2) is 21.5 Å². The van der Waals surface area contributed by atoms with E-state index in [9.17, 15) is 13.0 Å². The molecule has 1 aromatic rings. The van der Waals surface area contributed by atoms with Gasteiger partial charge in [-0.25, -0.2) is 4.21 Å². The Balaban J connectivity index is 2.17. The predicted octanol–water partition coefficient (Wildman–Crippen LogP) is 2.89. The van der Waals surface area contributed by atoms with Crippen molar-refractivity contribution >= 4 is 17.2 Å². The van der Waals surface area contributed by atoms with Crippen molar-refractivity contribution in [1.82, 2.24) is 0 Å². The van der Waals surface area contributed by atoms with Crippen molar-refractivity contribution in [2.45, 2.75) is 31.8 Å². The van der Waals surface area contributed by atoms with Crippen LogP contribution < -0.4 is 9.47 Å². The first-order valence-electron chi connectivity index (χ1n) is 5.53. The van der Waals surface area contributed by atoms with Gasteiger partial charge in [-0.2, -0.15) is 4.40 Å². The van der Waals surface area contributed by atoms with E-state index in [0.717, 1.165) is 0 Å². The van der Waals surface area contributed by atoms with Gasteiger partial charge in [-0.1, -0.05) is 0 Å². The van der Waals surface area contributed by atoms with Gasteiger partial charge in [-0.3, -0.25) is 0 Å². The highest BCUT2D eigenvalue weighted by Crippen LogP contribution is 2.40. The zero-order valence-electron chi connectivity index (χ0n) is 10.6. The summed E-state index contributed by atoms with van der Waals surface area (Å²) in [5.41, 5.74) is 0.512. The van der Waals surface area contributed by atoms with Gasteiger partial charge in [0.25, 0.3) is 0 Å². The number of nitrogens with zero attached hydrogens (tertiary/aromatic N) is 1. The lowest BCUT2D eigenvalue weighted by Crippen LogP contribution is -2.25. The van der Waals surface area contributed by atoms with Crippen LogP contribution in [0.2, 0.25) is 0 Å². The Morgan fingerprint density at radius 1 is 1.26 bits per heavy atom. The average molecular weight is 289 g/mol. The van der Waals surface area contributed by atoms with Crippen molar-refractivity contribution in [3.63, 3.8) is 0 Å². The summed E-state index contributed by atoms with van der Waals surface area (Å²) in [5.74, 6) is -0.0883. The molecule has 0 saturated heterocycles. The summed E-state index contributed by atoms with van der Waals surface area (Å²) in [4.78, 5) is 0. The van der Waals surface area contributed by atoms with Crippen molar-refractivity contribution in [3.8, 4) is 11.5 Å². The molecular weight excluding hydrogens is 276 g/mol. The summed E-state index contributed by atoms with van der Waals surface area (Å²) in [6.45, 7) is 5.38. The Hall–Kier alpha value is -1.50. The third kappa shape index (κ3) is 3.28. The van der Waals surface area contributed by atoms with Crippen molar-refractivity contribution in [2.24, 2.45) is 4.40 Å². The lowest BCUT2D eigenvalue weighted by atomic mass is 10.2. The molecule has 2 rings (SSSR count). The van der Waals surface area contributed by atoms with E-state index >= 15 is 0 Å². The Kier molecular flexibility index (Phi) is 3.34. The van der Waals surface area contributed by atoms with E-state index in [-0.39, 0.29) is 11.5 Å². The zero-order chi connectivity index (χ0) is 14.3. The molecule has 0 aliphatic carbocycles. The number of hydrogen-bond acceptors (Lipinski definition) is 3. The molecule has 0 radical (unpaired) electrons. The summed E-state index contributed by atoms with van der Waals surface area (Å²) in [5, 5.41) is 0. The molecule has 1 atom stereocenters. The molecule has 1 heterocycles. The highest BCUT2D eigenvalue weighted by atomic mass is 32.2. The van der Waals surface area contributed by atoms with Gasteiger partial charge in [0.2, 0.25) is 0 Å². The van der Waals surface area contributed by atoms with Crippen LogP contribution in [0, 0.1) is 0 Å². The summed E-state index contributed by atoms with van der Waals surface area (Å²) in [6.07, 6.45) is -2.27. The summed E-state index contributed by atoms with van der Waals surface area (Å²) < 4.78 is 49.3. The van der Waals surface area contributed by atoms with Crippen LogP contribution in [0.1, 0.15) is 26.3 Å². The predicted molar refractivity (Wildman–Crippen MR) is 68.1 cm³/mol. The molecule has 19 heavy (non-hydrogen) atoms. The number of alkyl halides is 2. The maximum Gasteiger partial charge on any atom is 0.586 e. The third-order valence-corrected chi connectivity index (χ3v) is 3.59. The number of hydrogen-bond donors (Lipinski definition) is 0. The largest absolute Gasteiger partial charge is 0.586 e. The van der Waals surface area contributed by atoms with E-state index in [0.29, 0.717) is 5.56 Å². The molecule has 1 aromatic carbocycles. The number of rotatable bonds is 2. The second-order valence-electron chi connectivity index (χ2n) is 4.97. The van der Waals surface area contributed by atoms with Crippen LogP contribution in [0.5, 0.6) is 11.5 Å². The fourth-order valence-corrected chi connectivity index (χ4v) is 1.85. The van der Waals surface area contributed by atoms with Gasteiger partial charge in [0.1, 0.15) is 11.0 Å². The van der Waals surface area contributed by atoms with Gasteiger partial charge in [0.05, 0.1) is 4.75 Å². The Labute approximate surface area is 112 Å². The molecule has 1 aliphatic rings. The average Bonchev–Trinajstić information content (AvgIpc) is 2.57. The smallest absolute Gasteiger partial charge is 0.395 e. The number of ether oxygens (including phenoxy) is 2. The first kappa shape index (κ1) is 13.9. The fraction of sp³-hybridized carbons (Fsp3) is 0.417. The number of fused-ring (bicyclic) bond motifs is 1. The van der Waals surface area contributed by atoms with Crippen LogP contribution >= 0.6 is 0 Å². The Bertz CT molecular complexity index is 552. The minimum Gasteiger partial charge on any atom is -0.395 e. The molecule has 7 heteroatoms. The topological polar surface area (TPSA) is 47.9 Å². The van der Waals surface area contributed by atoms with Gasteiger partial charge in [-0.15, -0.1) is 8.78 Å². The fourth-order valence-electron chi connectivity index (χ4n) is 1.31. The van der Waals surface area contributed by atoms with Crippen LogP contribution in [0.25, 0.3) is 0 Å². The summed E-state index contributed by atoms with van der Waals surface area (Å²) >= 11 is 0. The van der Waals surface area contributed by atoms with Crippen molar-refractivity contribution in [1.29, 1.82) is 0 Å². The molecule has 0 spiro atoms. The van der Waals surface area contributed by atoms with Gasteiger partial charge in [0, 0.05) is 6.21 Å². The first-order valence-corrected chi connectivity index (χ1v) is 6.64. The maximum atomic E-state index is 12.8. The van der Waals surface area contributed by atoms with E-state index in [4.69, 9.17) is 0 Å². The van der Waals surface area contributed by atoms with E-state index in [1.54, 1.807) is 20.8 Å². The first-order chi connectivity index (χ1) is 8.67. The molecule has 104 valence electrons. The van der Waals surface area contributed by atoms with Gasteiger partial charge in [0.15, 0.2) is 11.5 Å². The molecule has 0 aromatic heterocycles. The minimum absolute atomic E-state index is 0.0286. The van der Waals surface area contributed by atoms with Gasteiger partial charge < -0.3 is 9.47 Å². The quantitative estimate of drug-likeness (QED) is 0.787. The Morgan fingerprint density at radius 2 is 1.89 bits per heavy atom. The minimum atomic E-state index is -3.63. The Morgan fingerprint density at radius 3 is 2.53 bits per heavy atom. The number of benzene rings is 1. The highest BCUT2D eigenvalue weighted by molar-refractivity contribution is 7.85. The molecule has 0 saturated carbocycles. The normalized spacial score (nSPS) is 18.8. The molecule has 4 nitrogen and oxygen atoms in total. The van der Waals surface area contributed by atoms with Gasteiger partial charge in [-0.05, 0) is 44.5 Å². The summed E-state index contributed by atoms with van der Waals surface area (Å²) in [6, 6.07) is 4.25. The lowest BCUT2D eigenvalue weighted by Gasteiger charge is -2.12. The van der Waals surface area contributed by atoms with Crippen LogP contribution in [0.15, 0.2) is 22.6 Å². The van der Waals surface area contributed by atoms with E-state index in [2.05, 4.69) is 13.9 Å². The SMILES string of the molecule is CC(C)(C)S(=O)/N=C/c1ccc2c(c1)OC(F)(F)O2. The van der Waals surface area contributed by atoms with Crippen molar-refractivity contribution in [2.75, 3.05) is 0 Å². The second kappa shape index (κ2) is 4.56. The number of halogens is 2. The molecule has 0 amide bonds. The molecule has 0 bridgehead atoms. The van der Waals surface area contributed by atoms with E-state index in [1.807, 2.05) is 0 Å². The summed E-state index contributed by atoms with van der Waals surface area (Å²) in [7, 11) is -1.40. The van der Waals surface area contributed by atoms with E-state index < -0.39 is 22.0 Å². The van der Waals surface area contributed by atoms with Crippen LogP contribution in [0.3, 0.4) is 0 Å². The molecule has 0 N–H and O–H groups in total. The third-order valence-electron chi connectivity index (χ3n) is 2.25. The zero-order valence-corrected chi connectivity index (χ0v) is 11.5. The lowest BCUT2D eigenvalue weighted by molar-refractivity contribution is -0.286. The van der Waals surface area contributed by atoms with Gasteiger partial charge >= 0.3 is 6.29 Å². The molecule has 1 aliphatic heterocycles. The monoisotopic (exact) mass is 289 g/mol.